The Balaban J connectivity index is 2.17. The number of aromatic nitrogens is 3. The molecule has 0 aromatic carbocycles. The molecule has 1 N–H and O–H groups in total. The first-order chi connectivity index (χ1) is 11.5. The van der Waals surface area contributed by atoms with Crippen LogP contribution in [0.1, 0.15) is 49.9 Å². The summed E-state index contributed by atoms with van der Waals surface area (Å²) in [6, 6.07) is 2.04. The van der Waals surface area contributed by atoms with Crippen LogP contribution in [0.3, 0.4) is 0 Å². The fourth-order valence-corrected chi connectivity index (χ4v) is 3.05. The molecule has 0 saturated heterocycles. The molecule has 1 aliphatic rings. The SMILES string of the molecule is CCC(=O)N1CC=C(c2[nH]c3c(C#N)cnn3c(=O)c2C(C)C)C1. The molecule has 0 spiro atoms. The zero-order chi connectivity index (χ0) is 17.4. The summed E-state index contributed by atoms with van der Waals surface area (Å²) < 4.78 is 1.24. The van der Waals surface area contributed by atoms with Crippen LogP contribution >= 0.6 is 0 Å². The minimum Gasteiger partial charge on any atom is -0.338 e. The lowest BCUT2D eigenvalue weighted by atomic mass is 9.98. The van der Waals surface area contributed by atoms with Gasteiger partial charge in [0.1, 0.15) is 11.6 Å². The lowest BCUT2D eigenvalue weighted by Gasteiger charge is -2.17. The third kappa shape index (κ3) is 2.40. The van der Waals surface area contributed by atoms with Crippen molar-refractivity contribution in [3.05, 3.63) is 39.4 Å². The third-order valence-electron chi connectivity index (χ3n) is 4.30. The number of hydrogen-bond acceptors (Lipinski definition) is 4. The minimum atomic E-state index is -0.226. The standard InChI is InChI=1S/C17H19N5O2/c1-4-13(23)21-6-5-11(9-21)15-14(10(2)3)17(24)22-16(20-15)12(7-18)8-19-22/h5,8,10,20H,4,6,9H2,1-3H3. The summed E-state index contributed by atoms with van der Waals surface area (Å²) in [4.78, 5) is 29.7. The molecular formula is C17H19N5O2. The highest BCUT2D eigenvalue weighted by atomic mass is 16.2. The summed E-state index contributed by atoms with van der Waals surface area (Å²) in [7, 11) is 0. The predicted octanol–water partition coefficient (Wildman–Crippen LogP) is 1.65. The summed E-state index contributed by atoms with van der Waals surface area (Å²) in [5.41, 5.74) is 2.71. The highest BCUT2D eigenvalue weighted by Gasteiger charge is 2.25. The molecule has 3 heterocycles. The molecule has 24 heavy (non-hydrogen) atoms. The lowest BCUT2D eigenvalue weighted by molar-refractivity contribution is -0.129. The second-order valence-corrected chi connectivity index (χ2v) is 6.16. The number of amides is 1. The molecule has 0 aliphatic carbocycles. The Bertz CT molecular complexity index is 942. The van der Waals surface area contributed by atoms with Crippen LogP contribution in [-0.2, 0) is 4.79 Å². The zero-order valence-corrected chi connectivity index (χ0v) is 14.0. The number of carbonyl (C=O) groups is 1. The van der Waals surface area contributed by atoms with Crippen LogP contribution in [0.5, 0.6) is 0 Å². The van der Waals surface area contributed by atoms with Gasteiger partial charge in [0.25, 0.3) is 5.56 Å². The van der Waals surface area contributed by atoms with Crippen molar-refractivity contribution < 1.29 is 4.79 Å². The van der Waals surface area contributed by atoms with E-state index < -0.39 is 0 Å². The molecule has 3 rings (SSSR count). The largest absolute Gasteiger partial charge is 0.338 e. The Morgan fingerprint density at radius 1 is 1.50 bits per heavy atom. The summed E-state index contributed by atoms with van der Waals surface area (Å²) in [5.74, 6) is 0.0672. The number of nitriles is 1. The molecule has 0 bridgehead atoms. The predicted molar refractivity (Wildman–Crippen MR) is 89.5 cm³/mol. The van der Waals surface area contributed by atoms with E-state index in [9.17, 15) is 14.9 Å². The first-order valence-corrected chi connectivity index (χ1v) is 7.99. The van der Waals surface area contributed by atoms with E-state index in [2.05, 4.69) is 10.1 Å². The van der Waals surface area contributed by atoms with Crippen molar-refractivity contribution in [3.63, 3.8) is 0 Å². The van der Waals surface area contributed by atoms with Gasteiger partial charge >= 0.3 is 0 Å². The van der Waals surface area contributed by atoms with Crippen molar-refractivity contribution in [1.82, 2.24) is 19.5 Å². The molecule has 0 fully saturated rings. The summed E-state index contributed by atoms with van der Waals surface area (Å²) in [6.07, 6.45) is 3.80. The number of carbonyl (C=O) groups excluding carboxylic acids is 1. The molecule has 0 unspecified atom stereocenters. The van der Waals surface area contributed by atoms with Crippen LogP contribution in [-0.4, -0.2) is 38.5 Å². The van der Waals surface area contributed by atoms with Crippen molar-refractivity contribution in [2.75, 3.05) is 13.1 Å². The Morgan fingerprint density at radius 2 is 2.25 bits per heavy atom. The highest BCUT2D eigenvalue weighted by molar-refractivity contribution is 5.82. The number of aromatic amines is 1. The molecule has 7 heteroatoms. The average molecular weight is 325 g/mol. The third-order valence-corrected chi connectivity index (χ3v) is 4.30. The van der Waals surface area contributed by atoms with Gasteiger partial charge in [-0.1, -0.05) is 26.8 Å². The topological polar surface area (TPSA) is 94.3 Å². The van der Waals surface area contributed by atoms with Crippen molar-refractivity contribution in [1.29, 1.82) is 5.26 Å². The van der Waals surface area contributed by atoms with Gasteiger partial charge in [-0.15, -0.1) is 0 Å². The van der Waals surface area contributed by atoms with E-state index in [4.69, 9.17) is 0 Å². The van der Waals surface area contributed by atoms with Crippen molar-refractivity contribution in [2.45, 2.75) is 33.1 Å². The van der Waals surface area contributed by atoms with Crippen LogP contribution in [0, 0.1) is 11.3 Å². The van der Waals surface area contributed by atoms with Crippen LogP contribution in [0.4, 0.5) is 0 Å². The quantitative estimate of drug-likeness (QED) is 0.928. The Labute approximate surface area is 139 Å². The van der Waals surface area contributed by atoms with Gasteiger partial charge < -0.3 is 9.88 Å². The van der Waals surface area contributed by atoms with Gasteiger partial charge in [0, 0.05) is 25.1 Å². The van der Waals surface area contributed by atoms with Crippen molar-refractivity contribution >= 4 is 17.1 Å². The van der Waals surface area contributed by atoms with Gasteiger partial charge in [-0.3, -0.25) is 9.59 Å². The normalized spacial score (nSPS) is 14.3. The van der Waals surface area contributed by atoms with E-state index in [-0.39, 0.29) is 17.4 Å². The smallest absolute Gasteiger partial charge is 0.278 e. The van der Waals surface area contributed by atoms with E-state index >= 15 is 0 Å². The van der Waals surface area contributed by atoms with Crippen LogP contribution in [0.15, 0.2) is 17.1 Å². The van der Waals surface area contributed by atoms with Gasteiger partial charge in [0.05, 0.1) is 11.9 Å². The Hall–Kier alpha value is -2.88. The van der Waals surface area contributed by atoms with E-state index in [1.165, 1.54) is 10.7 Å². The molecule has 0 saturated carbocycles. The number of nitrogens with one attached hydrogen (secondary N) is 1. The molecule has 2 aromatic rings. The maximum atomic E-state index is 12.8. The van der Waals surface area contributed by atoms with E-state index in [0.29, 0.717) is 42.0 Å². The summed E-state index contributed by atoms with van der Waals surface area (Å²) in [5, 5.41) is 13.2. The van der Waals surface area contributed by atoms with Crippen molar-refractivity contribution in [3.8, 4) is 6.07 Å². The van der Waals surface area contributed by atoms with E-state index in [0.717, 1.165) is 5.57 Å². The maximum Gasteiger partial charge on any atom is 0.278 e. The first kappa shape index (κ1) is 16.0. The Morgan fingerprint density at radius 3 is 2.88 bits per heavy atom. The van der Waals surface area contributed by atoms with Gasteiger partial charge in [0.15, 0.2) is 5.65 Å². The highest BCUT2D eigenvalue weighted by Crippen LogP contribution is 2.26. The minimum absolute atomic E-state index is 0.0142. The number of rotatable bonds is 3. The van der Waals surface area contributed by atoms with Gasteiger partial charge in [-0.05, 0) is 11.5 Å². The fraction of sp³-hybridized carbons (Fsp3) is 0.412. The van der Waals surface area contributed by atoms with Crippen LogP contribution in [0.25, 0.3) is 11.2 Å². The zero-order valence-electron chi connectivity index (χ0n) is 14.0. The summed E-state index contributed by atoms with van der Waals surface area (Å²) in [6.45, 7) is 6.73. The molecule has 2 aromatic heterocycles. The molecule has 0 radical (unpaired) electrons. The molecular weight excluding hydrogens is 306 g/mol. The monoisotopic (exact) mass is 325 g/mol. The van der Waals surface area contributed by atoms with Crippen LogP contribution in [0.2, 0.25) is 0 Å². The molecule has 1 amide bonds. The number of hydrogen-bond donors (Lipinski definition) is 1. The number of fused-ring (bicyclic) bond motifs is 1. The summed E-state index contributed by atoms with van der Waals surface area (Å²) >= 11 is 0. The van der Waals surface area contributed by atoms with Gasteiger partial charge in [-0.25, -0.2) is 0 Å². The van der Waals surface area contributed by atoms with E-state index in [1.807, 2.05) is 32.9 Å². The first-order valence-electron chi connectivity index (χ1n) is 7.99. The fourth-order valence-electron chi connectivity index (χ4n) is 3.05. The van der Waals surface area contributed by atoms with Gasteiger partial charge in [-0.2, -0.15) is 14.9 Å². The second kappa shape index (κ2) is 5.96. The molecule has 124 valence electrons. The Kier molecular flexibility index (Phi) is 3.97. The second-order valence-electron chi connectivity index (χ2n) is 6.16. The van der Waals surface area contributed by atoms with Gasteiger partial charge in [0.2, 0.25) is 5.91 Å². The average Bonchev–Trinajstić information content (AvgIpc) is 3.20. The number of nitrogens with zero attached hydrogens (tertiary/aromatic N) is 4. The lowest BCUT2D eigenvalue weighted by Crippen LogP contribution is -2.29. The molecule has 1 aliphatic heterocycles. The van der Waals surface area contributed by atoms with Crippen LogP contribution < -0.4 is 5.56 Å². The van der Waals surface area contributed by atoms with Crippen molar-refractivity contribution in [2.24, 2.45) is 0 Å². The maximum absolute atomic E-state index is 12.8. The molecule has 0 atom stereocenters. The van der Waals surface area contributed by atoms with E-state index in [1.54, 1.807) is 4.90 Å². The molecule has 7 nitrogen and oxygen atoms in total. The number of H-pyrrole nitrogens is 1.